The monoisotopic (exact) mass is 357 g/mol. The normalized spacial score (nSPS) is 18.3. The molecule has 0 aliphatic carbocycles. The molecule has 1 unspecified atom stereocenters. The highest BCUT2D eigenvalue weighted by Gasteiger charge is 2.26. The SMILES string of the molecule is CC(c1ccc(F)cc1)N(C)C(=O)CN1CCN(S(C)(=O)=O)CC1. The third kappa shape index (κ3) is 4.75. The summed E-state index contributed by atoms with van der Waals surface area (Å²) in [4.78, 5) is 16.0. The average molecular weight is 357 g/mol. The summed E-state index contributed by atoms with van der Waals surface area (Å²) in [6.45, 7) is 4.04. The number of benzene rings is 1. The van der Waals surface area contributed by atoms with Gasteiger partial charge in [0.2, 0.25) is 15.9 Å². The molecule has 1 aliphatic heterocycles. The minimum absolute atomic E-state index is 0.0420. The number of amides is 1. The van der Waals surface area contributed by atoms with E-state index in [1.165, 1.54) is 22.7 Å². The van der Waals surface area contributed by atoms with Crippen LogP contribution in [0.15, 0.2) is 24.3 Å². The van der Waals surface area contributed by atoms with Crippen LogP contribution in [0.3, 0.4) is 0 Å². The number of nitrogens with zero attached hydrogens (tertiary/aromatic N) is 3. The Hall–Kier alpha value is -1.51. The molecular formula is C16H24FN3O3S. The van der Waals surface area contributed by atoms with Gasteiger partial charge in [-0.25, -0.2) is 12.8 Å². The number of hydrogen-bond acceptors (Lipinski definition) is 4. The van der Waals surface area contributed by atoms with E-state index in [1.54, 1.807) is 24.1 Å². The van der Waals surface area contributed by atoms with Gasteiger partial charge in [-0.05, 0) is 24.6 Å². The lowest BCUT2D eigenvalue weighted by atomic mass is 10.1. The lowest BCUT2D eigenvalue weighted by molar-refractivity contribution is -0.133. The van der Waals surface area contributed by atoms with Gasteiger partial charge in [0.05, 0.1) is 18.8 Å². The van der Waals surface area contributed by atoms with Gasteiger partial charge in [0.25, 0.3) is 0 Å². The molecule has 1 fully saturated rings. The summed E-state index contributed by atoms with van der Waals surface area (Å²) in [5.41, 5.74) is 0.870. The van der Waals surface area contributed by atoms with E-state index in [1.807, 2.05) is 11.8 Å². The van der Waals surface area contributed by atoms with Crippen molar-refractivity contribution in [2.24, 2.45) is 0 Å². The first-order chi connectivity index (χ1) is 11.2. The topological polar surface area (TPSA) is 60.9 Å². The largest absolute Gasteiger partial charge is 0.338 e. The fourth-order valence-corrected chi connectivity index (χ4v) is 3.53. The summed E-state index contributed by atoms with van der Waals surface area (Å²) >= 11 is 0. The van der Waals surface area contributed by atoms with Crippen molar-refractivity contribution in [3.63, 3.8) is 0 Å². The summed E-state index contributed by atoms with van der Waals surface area (Å²) < 4.78 is 37.4. The Morgan fingerprint density at radius 1 is 1.21 bits per heavy atom. The number of piperazine rings is 1. The van der Waals surface area contributed by atoms with Gasteiger partial charge in [-0.3, -0.25) is 9.69 Å². The van der Waals surface area contributed by atoms with Crippen molar-refractivity contribution in [1.82, 2.24) is 14.1 Å². The van der Waals surface area contributed by atoms with Crippen molar-refractivity contribution < 1.29 is 17.6 Å². The van der Waals surface area contributed by atoms with Crippen LogP contribution in [0.1, 0.15) is 18.5 Å². The number of rotatable bonds is 5. The molecule has 8 heteroatoms. The van der Waals surface area contributed by atoms with Gasteiger partial charge in [-0.2, -0.15) is 4.31 Å². The van der Waals surface area contributed by atoms with Crippen LogP contribution in [0.4, 0.5) is 4.39 Å². The number of sulfonamides is 1. The van der Waals surface area contributed by atoms with E-state index in [0.29, 0.717) is 26.2 Å². The summed E-state index contributed by atoms with van der Waals surface area (Å²) in [5.74, 6) is -0.344. The van der Waals surface area contributed by atoms with Crippen LogP contribution in [-0.4, -0.2) is 74.5 Å². The fourth-order valence-electron chi connectivity index (χ4n) is 2.70. The van der Waals surface area contributed by atoms with E-state index in [0.717, 1.165) is 5.56 Å². The quantitative estimate of drug-likeness (QED) is 0.786. The van der Waals surface area contributed by atoms with Gasteiger partial charge in [0, 0.05) is 33.2 Å². The number of hydrogen-bond donors (Lipinski definition) is 0. The Labute approximate surface area is 142 Å². The highest BCUT2D eigenvalue weighted by molar-refractivity contribution is 7.88. The van der Waals surface area contributed by atoms with Crippen molar-refractivity contribution in [3.8, 4) is 0 Å². The van der Waals surface area contributed by atoms with Crippen LogP contribution in [0.5, 0.6) is 0 Å². The first-order valence-electron chi connectivity index (χ1n) is 7.87. The molecule has 1 aliphatic rings. The van der Waals surface area contributed by atoms with Gasteiger partial charge >= 0.3 is 0 Å². The standard InChI is InChI=1S/C16H24FN3O3S/c1-13(14-4-6-15(17)7-5-14)18(2)16(21)12-19-8-10-20(11-9-19)24(3,22)23/h4-7,13H,8-12H2,1-3H3. The van der Waals surface area contributed by atoms with Gasteiger partial charge in [0.1, 0.15) is 5.82 Å². The molecule has 1 aromatic carbocycles. The molecule has 134 valence electrons. The maximum atomic E-state index is 13.0. The van der Waals surface area contributed by atoms with Gasteiger partial charge in [-0.15, -0.1) is 0 Å². The maximum Gasteiger partial charge on any atom is 0.236 e. The molecule has 0 radical (unpaired) electrons. The van der Waals surface area contributed by atoms with E-state index in [-0.39, 0.29) is 24.3 Å². The lowest BCUT2D eigenvalue weighted by Gasteiger charge is -2.34. The molecule has 1 atom stereocenters. The Kier molecular flexibility index (Phi) is 5.95. The van der Waals surface area contributed by atoms with E-state index in [2.05, 4.69) is 0 Å². The molecule has 1 aromatic rings. The first kappa shape index (κ1) is 18.8. The van der Waals surface area contributed by atoms with Gasteiger partial charge in [0.15, 0.2) is 0 Å². The molecule has 0 bridgehead atoms. The predicted octanol–water partition coefficient (Wildman–Crippen LogP) is 0.922. The number of halogens is 1. The van der Waals surface area contributed by atoms with Crippen LogP contribution in [0, 0.1) is 5.82 Å². The van der Waals surface area contributed by atoms with Crippen LogP contribution in [-0.2, 0) is 14.8 Å². The van der Waals surface area contributed by atoms with Gasteiger partial charge in [-0.1, -0.05) is 12.1 Å². The minimum Gasteiger partial charge on any atom is -0.338 e. The summed E-state index contributed by atoms with van der Waals surface area (Å²) in [6, 6.07) is 5.96. The van der Waals surface area contributed by atoms with Crippen LogP contribution >= 0.6 is 0 Å². The van der Waals surface area contributed by atoms with Crippen molar-refractivity contribution >= 4 is 15.9 Å². The zero-order valence-corrected chi connectivity index (χ0v) is 15.1. The Morgan fingerprint density at radius 2 is 1.75 bits per heavy atom. The molecule has 2 rings (SSSR count). The second kappa shape index (κ2) is 7.58. The third-order valence-corrected chi connectivity index (χ3v) is 5.79. The third-order valence-electron chi connectivity index (χ3n) is 4.49. The van der Waals surface area contributed by atoms with E-state index >= 15 is 0 Å². The highest BCUT2D eigenvalue weighted by Crippen LogP contribution is 2.19. The molecule has 0 saturated carbocycles. The second-order valence-corrected chi connectivity index (χ2v) is 8.15. The lowest BCUT2D eigenvalue weighted by Crippen LogP contribution is -2.51. The smallest absolute Gasteiger partial charge is 0.236 e. The predicted molar refractivity (Wildman–Crippen MR) is 90.4 cm³/mol. The number of likely N-dealkylation sites (N-methyl/N-ethyl adjacent to an activating group) is 1. The molecule has 1 heterocycles. The minimum atomic E-state index is -3.17. The molecule has 0 aromatic heterocycles. The van der Waals surface area contributed by atoms with Crippen molar-refractivity contribution in [2.45, 2.75) is 13.0 Å². The Bertz CT molecular complexity index is 670. The summed E-state index contributed by atoms with van der Waals surface area (Å²) in [5, 5.41) is 0. The average Bonchev–Trinajstić information content (AvgIpc) is 2.54. The Balaban J connectivity index is 1.89. The summed E-state index contributed by atoms with van der Waals surface area (Å²) in [7, 11) is -1.44. The molecule has 6 nitrogen and oxygen atoms in total. The number of carbonyl (C=O) groups is 1. The second-order valence-electron chi connectivity index (χ2n) is 6.17. The highest BCUT2D eigenvalue weighted by atomic mass is 32.2. The number of carbonyl (C=O) groups excluding carboxylic acids is 1. The van der Waals surface area contributed by atoms with E-state index in [9.17, 15) is 17.6 Å². The Morgan fingerprint density at radius 3 is 2.25 bits per heavy atom. The van der Waals surface area contributed by atoms with E-state index < -0.39 is 10.0 Å². The molecule has 24 heavy (non-hydrogen) atoms. The first-order valence-corrected chi connectivity index (χ1v) is 9.72. The molecule has 0 N–H and O–H groups in total. The van der Waals surface area contributed by atoms with Crippen molar-refractivity contribution in [2.75, 3.05) is 46.0 Å². The van der Waals surface area contributed by atoms with Crippen LogP contribution in [0.2, 0.25) is 0 Å². The molecule has 0 spiro atoms. The summed E-state index contributed by atoms with van der Waals surface area (Å²) in [6.07, 6.45) is 1.20. The van der Waals surface area contributed by atoms with Crippen molar-refractivity contribution in [3.05, 3.63) is 35.6 Å². The zero-order valence-electron chi connectivity index (χ0n) is 14.3. The molecule has 1 amide bonds. The van der Waals surface area contributed by atoms with Gasteiger partial charge < -0.3 is 4.90 Å². The van der Waals surface area contributed by atoms with Crippen molar-refractivity contribution in [1.29, 1.82) is 0 Å². The fraction of sp³-hybridized carbons (Fsp3) is 0.562. The van der Waals surface area contributed by atoms with Crippen LogP contribution in [0.25, 0.3) is 0 Å². The van der Waals surface area contributed by atoms with Crippen LogP contribution < -0.4 is 0 Å². The maximum absolute atomic E-state index is 13.0. The molecule has 1 saturated heterocycles. The molecular weight excluding hydrogens is 333 g/mol. The van der Waals surface area contributed by atoms with E-state index in [4.69, 9.17) is 0 Å². The zero-order chi connectivity index (χ0) is 17.9.